The van der Waals surface area contributed by atoms with Crippen LogP contribution in [0.1, 0.15) is 16.1 Å². The average Bonchev–Trinajstić information content (AvgIpc) is 3.12. The van der Waals surface area contributed by atoms with Crippen molar-refractivity contribution in [3.8, 4) is 17.0 Å². The number of esters is 1. The molecule has 1 aliphatic rings. The van der Waals surface area contributed by atoms with Gasteiger partial charge in [-0.2, -0.15) is 5.10 Å². The lowest BCUT2D eigenvalue weighted by molar-refractivity contribution is -0.0508. The van der Waals surface area contributed by atoms with Crippen molar-refractivity contribution in [1.29, 1.82) is 0 Å². The minimum atomic E-state index is -0.485. The summed E-state index contributed by atoms with van der Waals surface area (Å²) in [4.78, 5) is 12.1. The normalized spacial score (nSPS) is 13.7. The average molecular weight is 413 g/mol. The summed E-state index contributed by atoms with van der Waals surface area (Å²) in [5.74, 6) is 0.719. The summed E-state index contributed by atoms with van der Waals surface area (Å²) in [6.07, 6.45) is 0. The fourth-order valence-electron chi connectivity index (χ4n) is 3.10. The van der Waals surface area contributed by atoms with E-state index in [1.165, 1.54) is 7.11 Å². The molecule has 0 spiro atoms. The Morgan fingerprint density at radius 3 is 2.76 bits per heavy atom. The predicted octanol–water partition coefficient (Wildman–Crippen LogP) is 4.06. The lowest BCUT2D eigenvalue weighted by atomic mass is 10.1. The van der Waals surface area contributed by atoms with E-state index < -0.39 is 5.97 Å². The Bertz CT molecular complexity index is 1010. The van der Waals surface area contributed by atoms with E-state index in [2.05, 4.69) is 5.10 Å². The highest BCUT2D eigenvalue weighted by molar-refractivity contribution is 6.31. The number of nitrogens with zero attached hydrogens (tertiary/aromatic N) is 2. The quantitative estimate of drug-likeness (QED) is 0.547. The molecule has 2 heterocycles. The number of carbonyl (C=O) groups excluding carboxylic acids is 1. The van der Waals surface area contributed by atoms with Crippen LogP contribution < -0.4 is 4.74 Å². The molecule has 1 saturated heterocycles. The van der Waals surface area contributed by atoms with Gasteiger partial charge in [-0.15, -0.1) is 0 Å². The maximum atomic E-state index is 12.1. The van der Waals surface area contributed by atoms with E-state index in [-0.39, 0.29) is 5.69 Å². The standard InChI is InChI=1S/C22H21ClN2O4/c1-27-22(26)20-10-21(25(24-20)11-17-5-2-3-8-19(17)23)16-6-4-7-18(9-16)29-14-15-12-28-13-15/h2-10,15H,11-14H2,1H3. The van der Waals surface area contributed by atoms with Crippen LogP contribution in [0.5, 0.6) is 5.75 Å². The number of hydrogen-bond donors (Lipinski definition) is 0. The summed E-state index contributed by atoms with van der Waals surface area (Å²) < 4.78 is 17.7. The van der Waals surface area contributed by atoms with Crippen LogP contribution in [0.2, 0.25) is 5.02 Å². The van der Waals surface area contributed by atoms with Crippen LogP contribution >= 0.6 is 11.6 Å². The van der Waals surface area contributed by atoms with E-state index in [1.54, 1.807) is 10.7 Å². The molecule has 150 valence electrons. The van der Waals surface area contributed by atoms with E-state index in [0.29, 0.717) is 24.1 Å². The SMILES string of the molecule is COC(=O)c1cc(-c2cccc(OCC3COC3)c2)n(Cc2ccccc2Cl)n1. The van der Waals surface area contributed by atoms with Gasteiger partial charge in [0.15, 0.2) is 5.69 Å². The second kappa shape index (κ2) is 8.68. The molecule has 1 aromatic heterocycles. The van der Waals surface area contributed by atoms with Crippen molar-refractivity contribution in [1.82, 2.24) is 9.78 Å². The molecule has 2 aromatic carbocycles. The van der Waals surface area contributed by atoms with Crippen molar-refractivity contribution in [3.05, 3.63) is 70.9 Å². The third kappa shape index (κ3) is 4.44. The van der Waals surface area contributed by atoms with Gasteiger partial charge in [-0.3, -0.25) is 4.68 Å². The van der Waals surface area contributed by atoms with Gasteiger partial charge < -0.3 is 14.2 Å². The van der Waals surface area contributed by atoms with Crippen LogP contribution in [0.4, 0.5) is 0 Å². The summed E-state index contributed by atoms with van der Waals surface area (Å²) >= 11 is 6.32. The molecular formula is C22H21ClN2O4. The lowest BCUT2D eigenvalue weighted by Gasteiger charge is -2.25. The van der Waals surface area contributed by atoms with Crippen LogP contribution in [0.3, 0.4) is 0 Å². The van der Waals surface area contributed by atoms with Crippen LogP contribution in [0.25, 0.3) is 11.3 Å². The molecule has 0 atom stereocenters. The Balaban J connectivity index is 1.65. The molecule has 4 rings (SSSR count). The maximum absolute atomic E-state index is 12.1. The number of methoxy groups -OCH3 is 1. The maximum Gasteiger partial charge on any atom is 0.358 e. The van der Waals surface area contributed by atoms with E-state index >= 15 is 0 Å². The van der Waals surface area contributed by atoms with E-state index in [1.807, 2.05) is 48.5 Å². The van der Waals surface area contributed by atoms with Crippen LogP contribution in [-0.4, -0.2) is 42.7 Å². The smallest absolute Gasteiger partial charge is 0.358 e. The van der Waals surface area contributed by atoms with Gasteiger partial charge in [-0.05, 0) is 29.8 Å². The first-order valence-corrected chi connectivity index (χ1v) is 9.72. The molecule has 0 N–H and O–H groups in total. The van der Waals surface area contributed by atoms with E-state index in [4.69, 9.17) is 25.8 Å². The second-order valence-corrected chi connectivity index (χ2v) is 7.30. The van der Waals surface area contributed by atoms with Gasteiger partial charge >= 0.3 is 5.97 Å². The summed E-state index contributed by atoms with van der Waals surface area (Å²) in [5, 5.41) is 5.09. The van der Waals surface area contributed by atoms with Crippen molar-refractivity contribution in [2.45, 2.75) is 6.54 Å². The molecule has 0 unspecified atom stereocenters. The van der Waals surface area contributed by atoms with E-state index in [0.717, 1.165) is 35.8 Å². The van der Waals surface area contributed by atoms with Crippen molar-refractivity contribution in [2.75, 3.05) is 26.9 Å². The third-order valence-corrected chi connectivity index (χ3v) is 5.14. The number of halogens is 1. The molecule has 0 bridgehead atoms. The topological polar surface area (TPSA) is 62.6 Å². The largest absolute Gasteiger partial charge is 0.493 e. The molecule has 7 heteroatoms. The molecule has 3 aromatic rings. The molecule has 0 amide bonds. The molecule has 0 aliphatic carbocycles. The molecule has 6 nitrogen and oxygen atoms in total. The molecule has 1 aliphatic heterocycles. The van der Waals surface area contributed by atoms with Crippen LogP contribution in [0, 0.1) is 5.92 Å². The zero-order valence-electron chi connectivity index (χ0n) is 16.0. The van der Waals surface area contributed by atoms with Crippen molar-refractivity contribution in [3.63, 3.8) is 0 Å². The van der Waals surface area contributed by atoms with Gasteiger partial charge in [-0.25, -0.2) is 4.79 Å². The Hall–Kier alpha value is -2.83. The molecule has 0 saturated carbocycles. The lowest BCUT2D eigenvalue weighted by Crippen LogP contribution is -2.32. The number of benzene rings is 2. The van der Waals surface area contributed by atoms with Gasteiger partial charge in [0.25, 0.3) is 0 Å². The number of rotatable bonds is 7. The van der Waals surface area contributed by atoms with Gasteiger partial charge in [0.2, 0.25) is 0 Å². The summed E-state index contributed by atoms with van der Waals surface area (Å²) in [5.41, 5.74) is 2.82. The fourth-order valence-corrected chi connectivity index (χ4v) is 3.30. The minimum Gasteiger partial charge on any atom is -0.493 e. The zero-order chi connectivity index (χ0) is 20.2. The number of ether oxygens (including phenoxy) is 3. The number of hydrogen-bond acceptors (Lipinski definition) is 5. The van der Waals surface area contributed by atoms with Gasteiger partial charge in [0.1, 0.15) is 5.75 Å². The van der Waals surface area contributed by atoms with Crippen molar-refractivity contribution in [2.24, 2.45) is 5.92 Å². The first kappa shape index (κ1) is 19.5. The first-order valence-electron chi connectivity index (χ1n) is 9.34. The zero-order valence-corrected chi connectivity index (χ0v) is 16.8. The molecule has 0 radical (unpaired) electrons. The van der Waals surface area contributed by atoms with E-state index in [9.17, 15) is 4.79 Å². The Kier molecular flexibility index (Phi) is 5.83. The second-order valence-electron chi connectivity index (χ2n) is 6.90. The molecule has 1 fully saturated rings. The fraction of sp³-hybridized carbons (Fsp3) is 0.273. The monoisotopic (exact) mass is 412 g/mol. The summed E-state index contributed by atoms with van der Waals surface area (Å²) in [6.45, 7) is 2.53. The predicted molar refractivity (Wildman–Crippen MR) is 109 cm³/mol. The summed E-state index contributed by atoms with van der Waals surface area (Å²) in [7, 11) is 1.34. The van der Waals surface area contributed by atoms with Crippen LogP contribution in [-0.2, 0) is 16.0 Å². The van der Waals surface area contributed by atoms with Crippen LogP contribution in [0.15, 0.2) is 54.6 Å². The van der Waals surface area contributed by atoms with Crippen molar-refractivity contribution >= 4 is 17.6 Å². The minimum absolute atomic E-state index is 0.243. The summed E-state index contributed by atoms with van der Waals surface area (Å²) in [6, 6.07) is 17.0. The van der Waals surface area contributed by atoms with Crippen molar-refractivity contribution < 1.29 is 19.0 Å². The highest BCUT2D eigenvalue weighted by Gasteiger charge is 2.20. The van der Waals surface area contributed by atoms with Gasteiger partial charge in [0.05, 0.1) is 39.2 Å². The third-order valence-electron chi connectivity index (χ3n) is 4.78. The van der Waals surface area contributed by atoms with Gasteiger partial charge in [0, 0.05) is 16.5 Å². The van der Waals surface area contributed by atoms with Gasteiger partial charge in [-0.1, -0.05) is 41.9 Å². The number of carbonyl (C=O) groups is 1. The highest BCUT2D eigenvalue weighted by Crippen LogP contribution is 2.27. The highest BCUT2D eigenvalue weighted by atomic mass is 35.5. The first-order chi connectivity index (χ1) is 14.1. The Morgan fingerprint density at radius 1 is 1.21 bits per heavy atom. The Labute approximate surface area is 174 Å². The molecular weight excluding hydrogens is 392 g/mol. The Morgan fingerprint density at radius 2 is 2.03 bits per heavy atom. The number of aromatic nitrogens is 2. The molecule has 29 heavy (non-hydrogen) atoms.